The Morgan fingerprint density at radius 2 is 0.596 bits per heavy atom. The highest BCUT2D eigenvalue weighted by atomic mass is 16.5. The van der Waals surface area contributed by atoms with Crippen LogP contribution >= 0.6 is 0 Å². The molecule has 0 aliphatic carbocycles. The second-order valence-electron chi connectivity index (χ2n) is 23.9. The standard InChI is InChI=1S/C29H31N3O8.C28H29N3O8.C17H19N3O5/c30-29(39)21(10-14-27(35)36)16-25(33)23(12-15-28(37)38)31-26(34)13-11-22-17-24(32-40-22)20-8-6-19(7-9-20)18-4-2-1-3-5-18;29-28(38)20(10-13-26(34)35)14-24(32)23(16-27(36)37)30-25(33)12-11-21-15-22(31-39-21)19-8-6-18(7-9-19)17-4-2-1-3-5-17;18-17(24)13(7-9-16(22)23)19-15(21)8-6-12-10-14(20-25-12)11-4-2-1-3-5-11/h1-9,17,21,23H,10-16H2,(H2,30,39)(H,31,34)(H,35,36)(H,37,38);1-9,15,20,23H,10-14,16H2,(H2,29,38)(H,30,33)(H,34,35)(H,36,37);1-5,10,13H,6-9H2,(H2,18,24)(H,19,21)(H,22,23)/t21-,23+;20-,23+;13-/m110/s1. The molecule has 14 N–H and O–H groups in total. The van der Waals surface area contributed by atoms with E-state index in [4.69, 9.17) is 56.3 Å². The van der Waals surface area contributed by atoms with Crippen LogP contribution in [0.1, 0.15) is 107 Å². The van der Waals surface area contributed by atoms with Gasteiger partial charge in [-0.15, -0.1) is 0 Å². The minimum absolute atomic E-state index is 0.0448. The highest BCUT2D eigenvalue weighted by Crippen LogP contribution is 2.28. The molecule has 3 heterocycles. The van der Waals surface area contributed by atoms with Crippen LogP contribution in [0.25, 0.3) is 56.0 Å². The van der Waals surface area contributed by atoms with Crippen LogP contribution in [0.3, 0.4) is 0 Å². The Kier molecular flexibility index (Phi) is 31.7. The van der Waals surface area contributed by atoms with Gasteiger partial charge >= 0.3 is 29.8 Å². The SMILES string of the molecule is NC(=O)[C@H](CCC(=O)O)CC(=O)[C@H](CC(=O)O)NC(=O)CCc1cc(-c2ccc(-c3ccccc3)cc2)no1.NC(=O)[C@H](CCC(=O)O)CC(=O)[C@H](CCC(=O)O)NC(=O)CCc1cc(-c2ccc(-c3ccccc3)cc2)no1.NC(=O)[C@H](CCC(=O)O)NC(=O)CCc1cc(-c2ccccc2)no1. The van der Waals surface area contributed by atoms with E-state index in [9.17, 15) is 62.3 Å². The molecule has 0 unspecified atom stereocenters. The van der Waals surface area contributed by atoms with E-state index in [1.54, 1.807) is 18.2 Å². The molecule has 0 bridgehead atoms. The number of benzene rings is 5. The minimum atomic E-state index is -1.39. The number of carbonyl (C=O) groups is 13. The lowest BCUT2D eigenvalue weighted by Crippen LogP contribution is -2.44. The lowest BCUT2D eigenvalue weighted by molar-refractivity contribution is -0.141. The molecule has 0 saturated heterocycles. The molecule has 8 aromatic rings. The molecule has 104 heavy (non-hydrogen) atoms. The predicted molar refractivity (Wildman–Crippen MR) is 371 cm³/mol. The van der Waals surface area contributed by atoms with Crippen molar-refractivity contribution in [3.8, 4) is 56.0 Å². The number of hydrogen-bond acceptors (Lipinski definition) is 19. The zero-order valence-corrected chi connectivity index (χ0v) is 56.3. The number of nitrogens with two attached hydrogens (primary N) is 3. The van der Waals surface area contributed by atoms with E-state index in [2.05, 4.69) is 31.4 Å². The summed E-state index contributed by atoms with van der Waals surface area (Å²) in [6.45, 7) is 0. The van der Waals surface area contributed by atoms with Gasteiger partial charge in [0.2, 0.25) is 35.4 Å². The number of carboxylic acid groups (broad SMARTS) is 5. The summed E-state index contributed by atoms with van der Waals surface area (Å²) in [7, 11) is 0. The number of carbonyl (C=O) groups excluding carboxylic acids is 8. The van der Waals surface area contributed by atoms with Gasteiger partial charge in [0.05, 0.1) is 18.5 Å². The van der Waals surface area contributed by atoms with E-state index < -0.39 is 126 Å². The van der Waals surface area contributed by atoms with Gasteiger partial charge in [-0.05, 0) is 47.9 Å². The van der Waals surface area contributed by atoms with Crippen LogP contribution in [0.15, 0.2) is 171 Å². The summed E-state index contributed by atoms with van der Waals surface area (Å²) in [5, 5.41) is 64.0. The molecular weight excluding hydrogens is 1350 g/mol. The molecule has 0 radical (unpaired) electrons. The Balaban J connectivity index is 0.000000252. The normalized spacial score (nSPS) is 12.2. The molecule has 30 heteroatoms. The number of nitrogens with one attached hydrogen (secondary N) is 3. The minimum Gasteiger partial charge on any atom is -0.481 e. The molecule has 0 saturated carbocycles. The fourth-order valence-electron chi connectivity index (χ4n) is 10.4. The number of carboxylic acids is 5. The van der Waals surface area contributed by atoms with Gasteiger partial charge in [0, 0.05) is 124 Å². The number of hydrogen-bond donors (Lipinski definition) is 11. The monoisotopic (exact) mass is 1430 g/mol. The maximum atomic E-state index is 12.8. The molecule has 30 nitrogen and oxygen atoms in total. The maximum Gasteiger partial charge on any atom is 0.305 e. The van der Waals surface area contributed by atoms with Crippen molar-refractivity contribution in [2.24, 2.45) is 29.0 Å². The van der Waals surface area contributed by atoms with Crippen molar-refractivity contribution in [3.63, 3.8) is 0 Å². The zero-order valence-electron chi connectivity index (χ0n) is 56.3. The summed E-state index contributed by atoms with van der Waals surface area (Å²) in [6.07, 6.45) is -2.96. The lowest BCUT2D eigenvalue weighted by atomic mass is 9.92. The first kappa shape index (κ1) is 80.2. The Labute approximate surface area is 594 Å². The average Bonchev–Trinajstić information content (AvgIpc) is 1.87. The number of nitrogens with zero attached hydrogens (tertiary/aromatic N) is 3. The van der Waals surface area contributed by atoms with Crippen LogP contribution < -0.4 is 33.2 Å². The molecule has 0 aliphatic rings. The highest BCUT2D eigenvalue weighted by Gasteiger charge is 2.30. The second-order valence-corrected chi connectivity index (χ2v) is 23.9. The number of Topliss-reactive ketones (excluding diaryl/α,β-unsaturated/α-hetero) is 2. The third-order valence-corrected chi connectivity index (χ3v) is 16.0. The molecule has 546 valence electrons. The summed E-state index contributed by atoms with van der Waals surface area (Å²) in [5.41, 5.74) is 24.4. The quantitative estimate of drug-likeness (QED) is 0.0181. The van der Waals surface area contributed by atoms with Crippen LogP contribution in [0.4, 0.5) is 0 Å². The number of rotatable bonds is 40. The largest absolute Gasteiger partial charge is 0.481 e. The lowest BCUT2D eigenvalue weighted by Gasteiger charge is -2.19. The molecule has 5 atom stereocenters. The fourth-order valence-corrected chi connectivity index (χ4v) is 10.4. The molecule has 6 amide bonds. The molecule has 0 fully saturated rings. The Morgan fingerprint density at radius 1 is 0.317 bits per heavy atom. The topological polar surface area (TPSA) is 515 Å². The van der Waals surface area contributed by atoms with Gasteiger partial charge in [-0.3, -0.25) is 62.3 Å². The Morgan fingerprint density at radius 3 is 0.923 bits per heavy atom. The number of ketones is 2. The zero-order chi connectivity index (χ0) is 75.7. The second kappa shape index (κ2) is 41.1. The van der Waals surface area contributed by atoms with E-state index in [-0.39, 0.29) is 83.5 Å². The average molecular weight is 1430 g/mol. The summed E-state index contributed by atoms with van der Waals surface area (Å²) in [4.78, 5) is 152. The van der Waals surface area contributed by atoms with E-state index in [1.807, 2.05) is 140 Å². The number of aliphatic carboxylic acids is 5. The molecule has 5 aromatic carbocycles. The van der Waals surface area contributed by atoms with Gasteiger partial charge in [-0.1, -0.05) is 155 Å². The Bertz CT molecular complexity index is 4230. The number of aromatic nitrogens is 3. The first-order chi connectivity index (χ1) is 49.7. The maximum absolute atomic E-state index is 12.8. The van der Waals surface area contributed by atoms with E-state index in [1.165, 1.54) is 0 Å². The molecular formula is C74H79N9O21. The smallest absolute Gasteiger partial charge is 0.305 e. The highest BCUT2D eigenvalue weighted by molar-refractivity contribution is 5.95. The van der Waals surface area contributed by atoms with Gasteiger partial charge in [-0.2, -0.15) is 0 Å². The van der Waals surface area contributed by atoms with Gasteiger partial charge in [-0.25, -0.2) is 0 Å². The van der Waals surface area contributed by atoms with Crippen LogP contribution in [0.5, 0.6) is 0 Å². The number of primary amides is 3. The van der Waals surface area contributed by atoms with Crippen molar-refractivity contribution >= 4 is 76.9 Å². The van der Waals surface area contributed by atoms with Crippen LogP contribution in [0.2, 0.25) is 0 Å². The fraction of sp³-hybridized carbons (Fsp3) is 0.297. The van der Waals surface area contributed by atoms with Gasteiger partial charge in [0.25, 0.3) is 0 Å². The summed E-state index contributed by atoms with van der Waals surface area (Å²) in [6, 6.07) is 46.4. The third-order valence-electron chi connectivity index (χ3n) is 16.0. The molecule has 0 spiro atoms. The number of amides is 6. The van der Waals surface area contributed by atoms with E-state index >= 15 is 0 Å². The van der Waals surface area contributed by atoms with Crippen molar-refractivity contribution in [2.45, 2.75) is 127 Å². The predicted octanol–water partition coefficient (Wildman–Crippen LogP) is 7.15. The van der Waals surface area contributed by atoms with Crippen molar-refractivity contribution < 1.29 is 101 Å². The molecule has 3 aromatic heterocycles. The van der Waals surface area contributed by atoms with Crippen molar-refractivity contribution in [1.29, 1.82) is 0 Å². The summed E-state index contributed by atoms with van der Waals surface area (Å²) >= 11 is 0. The van der Waals surface area contributed by atoms with Crippen LogP contribution in [-0.4, -0.2) is 136 Å². The van der Waals surface area contributed by atoms with Crippen LogP contribution in [-0.2, 0) is 81.6 Å². The van der Waals surface area contributed by atoms with Crippen molar-refractivity contribution in [2.75, 3.05) is 0 Å². The van der Waals surface area contributed by atoms with E-state index in [0.29, 0.717) is 40.8 Å². The van der Waals surface area contributed by atoms with Crippen molar-refractivity contribution in [1.82, 2.24) is 31.4 Å². The molecule has 8 rings (SSSR count). The first-order valence-electron chi connectivity index (χ1n) is 32.8. The summed E-state index contributed by atoms with van der Waals surface area (Å²) < 4.78 is 15.9. The van der Waals surface area contributed by atoms with Gasteiger partial charge < -0.3 is 72.3 Å². The summed E-state index contributed by atoms with van der Waals surface area (Å²) in [5.74, 6) is -11.9. The van der Waals surface area contributed by atoms with E-state index in [0.717, 1.165) is 38.9 Å². The number of aryl methyl sites for hydroxylation is 3. The van der Waals surface area contributed by atoms with Gasteiger partial charge in [0.1, 0.15) is 40.4 Å². The first-order valence-corrected chi connectivity index (χ1v) is 32.8. The van der Waals surface area contributed by atoms with Crippen molar-refractivity contribution in [3.05, 3.63) is 175 Å². The molecule has 0 aliphatic heterocycles. The third kappa shape index (κ3) is 28.1. The van der Waals surface area contributed by atoms with Crippen LogP contribution in [0, 0.1) is 11.8 Å². The van der Waals surface area contributed by atoms with Gasteiger partial charge in [0.15, 0.2) is 11.6 Å². The Hall–Kier alpha value is -12.8.